The average Bonchev–Trinajstić information content (AvgIpc) is 3.20. The number of hydrogen-bond acceptors (Lipinski definition) is 6. The molecule has 0 atom stereocenters. The molecule has 1 heterocycles. The molecular weight excluding hydrogens is 364 g/mol. The van der Waals surface area contributed by atoms with Crippen LogP contribution < -0.4 is 0 Å². The first-order chi connectivity index (χ1) is 13.5. The molecule has 0 bridgehead atoms. The fourth-order valence-corrected chi connectivity index (χ4v) is 2.57. The molecule has 0 fully saturated rings. The Morgan fingerprint density at radius 3 is 2.46 bits per heavy atom. The van der Waals surface area contributed by atoms with Gasteiger partial charge in [0.25, 0.3) is 5.69 Å². The van der Waals surface area contributed by atoms with Crippen LogP contribution in [0.1, 0.15) is 31.2 Å². The van der Waals surface area contributed by atoms with Gasteiger partial charge in [0.2, 0.25) is 5.78 Å². The number of aromatic nitrogens is 1. The average molecular weight is 378 g/mol. The molecule has 0 aliphatic heterocycles. The van der Waals surface area contributed by atoms with E-state index < -0.39 is 23.3 Å². The highest BCUT2D eigenvalue weighted by atomic mass is 16.6. The van der Waals surface area contributed by atoms with E-state index in [1.807, 2.05) is 0 Å². The number of carbonyl (C=O) groups is 3. The SMILES string of the molecule is O=Cc1cccn1-c1ccc(C(=O)OCC(=O)c2cccc([N+](=O)[O-])c2)cc1. The second-order valence-electron chi connectivity index (χ2n) is 5.77. The van der Waals surface area contributed by atoms with Crippen LogP contribution in [0.4, 0.5) is 5.69 Å². The third kappa shape index (κ3) is 4.01. The molecule has 0 amide bonds. The lowest BCUT2D eigenvalue weighted by Crippen LogP contribution is -2.14. The Hall–Kier alpha value is -4.07. The molecule has 0 aliphatic carbocycles. The van der Waals surface area contributed by atoms with Gasteiger partial charge in [-0.1, -0.05) is 12.1 Å². The molecule has 0 aliphatic rings. The third-order valence-corrected chi connectivity index (χ3v) is 4.00. The lowest BCUT2D eigenvalue weighted by molar-refractivity contribution is -0.384. The summed E-state index contributed by atoms with van der Waals surface area (Å²) in [4.78, 5) is 45.4. The van der Waals surface area contributed by atoms with Crippen molar-refractivity contribution in [2.45, 2.75) is 0 Å². The van der Waals surface area contributed by atoms with E-state index in [-0.39, 0.29) is 16.8 Å². The Labute approximate surface area is 159 Å². The summed E-state index contributed by atoms with van der Waals surface area (Å²) in [6.07, 6.45) is 2.44. The largest absolute Gasteiger partial charge is 0.454 e. The van der Waals surface area contributed by atoms with Crippen molar-refractivity contribution in [3.63, 3.8) is 0 Å². The second-order valence-corrected chi connectivity index (χ2v) is 5.77. The van der Waals surface area contributed by atoms with Gasteiger partial charge in [0.05, 0.1) is 16.2 Å². The molecule has 0 saturated heterocycles. The van der Waals surface area contributed by atoms with Crippen LogP contribution in [0, 0.1) is 10.1 Å². The Balaban J connectivity index is 1.65. The van der Waals surface area contributed by atoms with Gasteiger partial charge in [-0.2, -0.15) is 0 Å². The maximum Gasteiger partial charge on any atom is 0.338 e. The number of carbonyl (C=O) groups excluding carboxylic acids is 3. The van der Waals surface area contributed by atoms with Gasteiger partial charge >= 0.3 is 5.97 Å². The molecule has 0 saturated carbocycles. The zero-order valence-corrected chi connectivity index (χ0v) is 14.5. The van der Waals surface area contributed by atoms with E-state index in [0.29, 0.717) is 11.4 Å². The molecule has 0 unspecified atom stereocenters. The molecular formula is C20H14N2O6. The van der Waals surface area contributed by atoms with Crippen LogP contribution in [0.5, 0.6) is 0 Å². The molecule has 0 radical (unpaired) electrons. The van der Waals surface area contributed by atoms with Crippen LogP contribution >= 0.6 is 0 Å². The highest BCUT2D eigenvalue weighted by molar-refractivity contribution is 5.99. The number of nitrogens with zero attached hydrogens (tertiary/aromatic N) is 2. The molecule has 0 spiro atoms. The highest BCUT2D eigenvalue weighted by Crippen LogP contribution is 2.15. The summed E-state index contributed by atoms with van der Waals surface area (Å²) in [5.41, 5.74) is 1.27. The van der Waals surface area contributed by atoms with Crippen molar-refractivity contribution >= 4 is 23.7 Å². The van der Waals surface area contributed by atoms with E-state index in [4.69, 9.17) is 4.74 Å². The molecule has 2 aromatic carbocycles. The van der Waals surface area contributed by atoms with Gasteiger partial charge in [0.1, 0.15) is 0 Å². The number of ether oxygens (including phenoxy) is 1. The summed E-state index contributed by atoms with van der Waals surface area (Å²) in [6, 6.07) is 14.9. The number of benzene rings is 2. The normalized spacial score (nSPS) is 10.3. The quantitative estimate of drug-likeness (QED) is 0.205. The van der Waals surface area contributed by atoms with Crippen molar-refractivity contribution in [2.75, 3.05) is 6.61 Å². The summed E-state index contributed by atoms with van der Waals surface area (Å²) in [5, 5.41) is 10.8. The number of esters is 1. The highest BCUT2D eigenvalue weighted by Gasteiger charge is 2.15. The minimum Gasteiger partial charge on any atom is -0.454 e. The number of Topliss-reactive ketones (excluding diaryl/α,β-unsaturated/α-hetero) is 1. The van der Waals surface area contributed by atoms with Crippen molar-refractivity contribution in [1.82, 2.24) is 4.57 Å². The number of nitro benzene ring substituents is 1. The van der Waals surface area contributed by atoms with Crippen LogP contribution in [-0.2, 0) is 4.74 Å². The number of aldehydes is 1. The Bertz CT molecular complexity index is 1050. The zero-order chi connectivity index (χ0) is 20.1. The van der Waals surface area contributed by atoms with Crippen LogP contribution in [-0.4, -0.2) is 34.1 Å². The van der Waals surface area contributed by atoms with Crippen LogP contribution in [0.25, 0.3) is 5.69 Å². The van der Waals surface area contributed by atoms with E-state index >= 15 is 0 Å². The number of hydrogen-bond donors (Lipinski definition) is 0. The van der Waals surface area contributed by atoms with E-state index in [1.54, 1.807) is 35.0 Å². The maximum atomic E-state index is 12.1. The van der Waals surface area contributed by atoms with E-state index in [2.05, 4.69) is 0 Å². The minimum absolute atomic E-state index is 0.0892. The number of nitro groups is 1. The Kier molecular flexibility index (Phi) is 5.40. The summed E-state index contributed by atoms with van der Waals surface area (Å²) in [5.74, 6) is -1.25. The number of non-ortho nitro benzene ring substituents is 1. The molecule has 8 heteroatoms. The maximum absolute atomic E-state index is 12.1. The van der Waals surface area contributed by atoms with E-state index in [9.17, 15) is 24.5 Å². The smallest absolute Gasteiger partial charge is 0.338 e. The Morgan fingerprint density at radius 1 is 1.04 bits per heavy atom. The molecule has 28 heavy (non-hydrogen) atoms. The standard InChI is InChI=1S/C20H14N2O6/c23-12-18-5-2-10-21(18)16-8-6-14(7-9-16)20(25)28-13-19(24)15-3-1-4-17(11-15)22(26)27/h1-12H,13H2. The van der Waals surface area contributed by atoms with E-state index in [0.717, 1.165) is 12.4 Å². The summed E-state index contributed by atoms with van der Waals surface area (Å²) < 4.78 is 6.66. The van der Waals surface area contributed by atoms with Crippen LogP contribution in [0.15, 0.2) is 66.9 Å². The predicted molar refractivity (Wildman–Crippen MR) is 98.9 cm³/mol. The minimum atomic E-state index is -0.701. The summed E-state index contributed by atoms with van der Waals surface area (Å²) in [7, 11) is 0. The molecule has 8 nitrogen and oxygen atoms in total. The number of rotatable bonds is 7. The zero-order valence-electron chi connectivity index (χ0n) is 14.5. The van der Waals surface area contributed by atoms with Crippen molar-refractivity contribution in [3.05, 3.63) is 93.8 Å². The second kappa shape index (κ2) is 8.09. The summed E-state index contributed by atoms with van der Waals surface area (Å²) >= 11 is 0. The van der Waals surface area contributed by atoms with Crippen molar-refractivity contribution in [2.24, 2.45) is 0 Å². The first kappa shape index (κ1) is 18.7. The van der Waals surface area contributed by atoms with Gasteiger partial charge in [0.15, 0.2) is 12.9 Å². The molecule has 0 N–H and O–H groups in total. The van der Waals surface area contributed by atoms with Crippen molar-refractivity contribution in [3.8, 4) is 5.69 Å². The van der Waals surface area contributed by atoms with Crippen molar-refractivity contribution < 1.29 is 24.0 Å². The summed E-state index contributed by atoms with van der Waals surface area (Å²) in [6.45, 7) is -0.533. The topological polar surface area (TPSA) is 109 Å². The van der Waals surface area contributed by atoms with Gasteiger partial charge in [-0.25, -0.2) is 4.79 Å². The van der Waals surface area contributed by atoms with Gasteiger partial charge in [-0.15, -0.1) is 0 Å². The first-order valence-corrected chi connectivity index (χ1v) is 8.17. The van der Waals surface area contributed by atoms with Crippen LogP contribution in [0.2, 0.25) is 0 Å². The fourth-order valence-electron chi connectivity index (χ4n) is 2.57. The molecule has 3 rings (SSSR count). The lowest BCUT2D eigenvalue weighted by Gasteiger charge is -2.07. The fraction of sp³-hybridized carbons (Fsp3) is 0.0500. The number of ketones is 1. The van der Waals surface area contributed by atoms with Gasteiger partial charge in [0, 0.05) is 29.6 Å². The van der Waals surface area contributed by atoms with Crippen molar-refractivity contribution in [1.29, 1.82) is 0 Å². The monoisotopic (exact) mass is 378 g/mol. The molecule has 1 aromatic heterocycles. The predicted octanol–water partition coefficient (Wildman–Crippen LogP) is 3.24. The first-order valence-electron chi connectivity index (χ1n) is 8.17. The molecule has 3 aromatic rings. The van der Waals surface area contributed by atoms with E-state index in [1.165, 1.54) is 30.3 Å². The van der Waals surface area contributed by atoms with Gasteiger partial charge in [-0.3, -0.25) is 19.7 Å². The molecule has 140 valence electrons. The lowest BCUT2D eigenvalue weighted by atomic mass is 10.1. The van der Waals surface area contributed by atoms with Gasteiger partial charge < -0.3 is 9.30 Å². The third-order valence-electron chi connectivity index (χ3n) is 4.00. The van der Waals surface area contributed by atoms with Gasteiger partial charge in [-0.05, 0) is 36.4 Å². The van der Waals surface area contributed by atoms with Crippen LogP contribution in [0.3, 0.4) is 0 Å². The Morgan fingerprint density at radius 2 is 1.79 bits per heavy atom.